The minimum atomic E-state index is 0.00604. The van der Waals surface area contributed by atoms with Crippen LogP contribution in [0.5, 0.6) is 0 Å². The van der Waals surface area contributed by atoms with Gasteiger partial charge in [0.1, 0.15) is 12.9 Å². The summed E-state index contributed by atoms with van der Waals surface area (Å²) in [4.78, 5) is 17.6. The molecular weight excluding hydrogens is 242 g/mol. The third kappa shape index (κ3) is 3.09. The number of nitrogens with zero attached hydrogens (tertiary/aromatic N) is 4. The molecule has 1 aromatic carbocycles. The Bertz CT molecular complexity index is 578. The maximum Gasteiger partial charge on any atom is 0.244 e. The van der Waals surface area contributed by atoms with Crippen molar-refractivity contribution in [3.8, 4) is 11.4 Å². The van der Waals surface area contributed by atoms with Gasteiger partial charge >= 0.3 is 0 Å². The number of benzene rings is 1. The molecule has 0 spiro atoms. The monoisotopic (exact) mass is 259 g/mol. The molecule has 0 bridgehead atoms. The number of amides is 1. The van der Waals surface area contributed by atoms with Crippen LogP contribution in [-0.2, 0) is 11.3 Å². The Balaban J connectivity index is 2.13. The lowest BCUT2D eigenvalue weighted by Crippen LogP contribution is -2.30. The van der Waals surface area contributed by atoms with Crippen molar-refractivity contribution in [3.63, 3.8) is 0 Å². The lowest BCUT2D eigenvalue weighted by Gasteiger charge is -2.13. The summed E-state index contributed by atoms with van der Waals surface area (Å²) in [5.74, 6) is 0.575. The summed E-state index contributed by atoms with van der Waals surface area (Å²) in [5, 5.41) is 4.28. The lowest BCUT2D eigenvalue weighted by atomic mass is 10.2. The second-order valence-corrected chi connectivity index (χ2v) is 4.30. The topological polar surface area (TPSA) is 77.0 Å². The van der Waals surface area contributed by atoms with Crippen LogP contribution in [0.15, 0.2) is 30.6 Å². The number of aromatic nitrogens is 3. The van der Waals surface area contributed by atoms with Gasteiger partial charge in [0.15, 0.2) is 5.82 Å². The molecule has 0 fully saturated rings. The molecule has 1 amide bonds. The van der Waals surface area contributed by atoms with Crippen molar-refractivity contribution >= 4 is 11.6 Å². The zero-order valence-corrected chi connectivity index (χ0v) is 11.1. The molecular formula is C13H17N5O. The predicted octanol–water partition coefficient (Wildman–Crippen LogP) is 1.01. The largest absolute Gasteiger partial charge is 0.399 e. The van der Waals surface area contributed by atoms with Crippen molar-refractivity contribution in [2.24, 2.45) is 0 Å². The van der Waals surface area contributed by atoms with E-state index in [4.69, 9.17) is 5.73 Å². The lowest BCUT2D eigenvalue weighted by molar-refractivity contribution is -0.130. The molecule has 1 aromatic heterocycles. The fourth-order valence-corrected chi connectivity index (χ4v) is 1.62. The molecule has 6 nitrogen and oxygen atoms in total. The number of nitrogens with two attached hydrogens (primary N) is 1. The van der Waals surface area contributed by atoms with Crippen LogP contribution in [0.2, 0.25) is 0 Å². The Morgan fingerprint density at radius 3 is 2.95 bits per heavy atom. The van der Waals surface area contributed by atoms with E-state index >= 15 is 0 Å². The van der Waals surface area contributed by atoms with Crippen molar-refractivity contribution in [2.75, 3.05) is 19.3 Å². The predicted molar refractivity (Wildman–Crippen MR) is 73.2 cm³/mol. The molecule has 100 valence electrons. The van der Waals surface area contributed by atoms with Crippen molar-refractivity contribution in [3.05, 3.63) is 30.6 Å². The van der Waals surface area contributed by atoms with Crippen LogP contribution in [0, 0.1) is 0 Å². The molecule has 0 saturated heterocycles. The summed E-state index contributed by atoms with van der Waals surface area (Å²) in [6.07, 6.45) is 1.56. The fraction of sp³-hybridized carbons (Fsp3) is 0.308. The zero-order valence-electron chi connectivity index (χ0n) is 11.1. The Morgan fingerprint density at radius 1 is 1.47 bits per heavy atom. The highest BCUT2D eigenvalue weighted by Crippen LogP contribution is 2.16. The number of likely N-dealkylation sites (N-methyl/N-ethyl adjacent to an activating group) is 1. The molecule has 0 saturated carbocycles. The van der Waals surface area contributed by atoms with Crippen molar-refractivity contribution < 1.29 is 4.79 Å². The normalized spacial score (nSPS) is 10.4. The standard InChI is InChI=1S/C13H17N5O/c1-3-17(2)12(19)8-18-9-15-13(16-18)10-5-4-6-11(14)7-10/h4-7,9H,3,8,14H2,1-2H3. The summed E-state index contributed by atoms with van der Waals surface area (Å²) >= 11 is 0. The number of carbonyl (C=O) groups excluding carboxylic acids is 1. The minimum Gasteiger partial charge on any atom is -0.399 e. The first-order valence-electron chi connectivity index (χ1n) is 6.09. The maximum absolute atomic E-state index is 11.8. The van der Waals surface area contributed by atoms with E-state index in [1.807, 2.05) is 19.1 Å². The van der Waals surface area contributed by atoms with Crippen molar-refractivity contribution in [2.45, 2.75) is 13.5 Å². The Kier molecular flexibility index (Phi) is 3.79. The van der Waals surface area contributed by atoms with Crippen LogP contribution in [0.25, 0.3) is 11.4 Å². The zero-order chi connectivity index (χ0) is 13.8. The molecule has 0 atom stereocenters. The van der Waals surface area contributed by atoms with Crippen LogP contribution < -0.4 is 5.73 Å². The Hall–Kier alpha value is -2.37. The third-order valence-electron chi connectivity index (χ3n) is 2.88. The van der Waals surface area contributed by atoms with Gasteiger partial charge in [-0.25, -0.2) is 9.67 Å². The van der Waals surface area contributed by atoms with Crippen LogP contribution in [0.4, 0.5) is 5.69 Å². The van der Waals surface area contributed by atoms with E-state index in [1.165, 1.54) is 4.68 Å². The van der Waals surface area contributed by atoms with Gasteiger partial charge in [-0.05, 0) is 19.1 Å². The smallest absolute Gasteiger partial charge is 0.244 e. The van der Waals surface area contributed by atoms with Gasteiger partial charge in [0.2, 0.25) is 5.91 Å². The van der Waals surface area contributed by atoms with Gasteiger partial charge in [-0.1, -0.05) is 12.1 Å². The van der Waals surface area contributed by atoms with Crippen molar-refractivity contribution in [1.29, 1.82) is 0 Å². The first kappa shape index (κ1) is 13.1. The quantitative estimate of drug-likeness (QED) is 0.831. The van der Waals surface area contributed by atoms with E-state index in [-0.39, 0.29) is 12.5 Å². The van der Waals surface area contributed by atoms with Gasteiger partial charge in [-0.3, -0.25) is 4.79 Å². The van der Waals surface area contributed by atoms with Gasteiger partial charge in [0.05, 0.1) is 0 Å². The van der Waals surface area contributed by atoms with Gasteiger partial charge in [0, 0.05) is 24.8 Å². The van der Waals surface area contributed by atoms with Crippen LogP contribution in [0.3, 0.4) is 0 Å². The molecule has 0 radical (unpaired) electrons. The molecule has 0 unspecified atom stereocenters. The van der Waals surface area contributed by atoms with E-state index in [0.717, 1.165) is 5.56 Å². The fourth-order valence-electron chi connectivity index (χ4n) is 1.62. The van der Waals surface area contributed by atoms with E-state index in [0.29, 0.717) is 18.1 Å². The Labute approximate surface area is 111 Å². The van der Waals surface area contributed by atoms with Crippen LogP contribution >= 0.6 is 0 Å². The van der Waals surface area contributed by atoms with Gasteiger partial charge in [-0.15, -0.1) is 0 Å². The molecule has 0 aliphatic carbocycles. The SMILES string of the molecule is CCN(C)C(=O)Cn1cnc(-c2cccc(N)c2)n1. The molecule has 2 rings (SSSR count). The van der Waals surface area contributed by atoms with Gasteiger partial charge in [-0.2, -0.15) is 5.10 Å². The maximum atomic E-state index is 11.8. The molecule has 19 heavy (non-hydrogen) atoms. The first-order chi connectivity index (χ1) is 9.10. The van der Waals surface area contributed by atoms with Gasteiger partial charge < -0.3 is 10.6 Å². The van der Waals surface area contributed by atoms with E-state index in [2.05, 4.69) is 10.1 Å². The summed E-state index contributed by atoms with van der Waals surface area (Å²) in [6, 6.07) is 7.34. The highest BCUT2D eigenvalue weighted by Gasteiger charge is 2.10. The summed E-state index contributed by atoms with van der Waals surface area (Å²) in [7, 11) is 1.76. The highest BCUT2D eigenvalue weighted by molar-refractivity contribution is 5.75. The molecule has 6 heteroatoms. The van der Waals surface area contributed by atoms with Crippen molar-refractivity contribution in [1.82, 2.24) is 19.7 Å². The first-order valence-corrected chi connectivity index (χ1v) is 6.09. The number of hydrogen-bond acceptors (Lipinski definition) is 4. The third-order valence-corrected chi connectivity index (χ3v) is 2.88. The molecule has 2 N–H and O–H groups in total. The number of carbonyl (C=O) groups is 1. The molecule has 0 aliphatic heterocycles. The summed E-state index contributed by atoms with van der Waals surface area (Å²) < 4.78 is 1.53. The number of anilines is 1. The second-order valence-electron chi connectivity index (χ2n) is 4.30. The second kappa shape index (κ2) is 5.51. The number of hydrogen-bond donors (Lipinski definition) is 1. The molecule has 0 aliphatic rings. The average molecular weight is 259 g/mol. The Morgan fingerprint density at radius 2 is 2.26 bits per heavy atom. The summed E-state index contributed by atoms with van der Waals surface area (Å²) in [6.45, 7) is 2.80. The number of nitrogen functional groups attached to an aromatic ring is 1. The number of rotatable bonds is 4. The highest BCUT2D eigenvalue weighted by atomic mass is 16.2. The van der Waals surface area contributed by atoms with Gasteiger partial charge in [0.25, 0.3) is 0 Å². The van der Waals surface area contributed by atoms with E-state index in [9.17, 15) is 4.79 Å². The average Bonchev–Trinajstić information content (AvgIpc) is 2.86. The van der Waals surface area contributed by atoms with Crippen LogP contribution in [-0.4, -0.2) is 39.2 Å². The van der Waals surface area contributed by atoms with Crippen LogP contribution in [0.1, 0.15) is 6.92 Å². The van der Waals surface area contributed by atoms with E-state index < -0.39 is 0 Å². The van der Waals surface area contributed by atoms with E-state index in [1.54, 1.807) is 30.4 Å². The minimum absolute atomic E-state index is 0.00604. The summed E-state index contributed by atoms with van der Waals surface area (Å²) in [5.41, 5.74) is 7.22. The molecule has 2 aromatic rings. The molecule has 1 heterocycles.